The molecule has 3 rings (SSSR count). The first-order chi connectivity index (χ1) is 12.7. The quantitative estimate of drug-likeness (QED) is 0.664. The minimum Gasteiger partial charge on any atom is -0.444 e. The van der Waals surface area contributed by atoms with E-state index in [1.54, 1.807) is 4.90 Å². The zero-order valence-electron chi connectivity index (χ0n) is 17.3. The maximum absolute atomic E-state index is 12.4. The van der Waals surface area contributed by atoms with Crippen LogP contribution in [0.2, 0.25) is 0 Å². The van der Waals surface area contributed by atoms with Crippen molar-refractivity contribution in [2.45, 2.75) is 46.6 Å². The van der Waals surface area contributed by atoms with E-state index < -0.39 is 5.60 Å². The van der Waals surface area contributed by atoms with Crippen molar-refractivity contribution in [3.05, 3.63) is 53.2 Å². The average molecular weight is 367 g/mol. The van der Waals surface area contributed by atoms with Crippen molar-refractivity contribution in [1.82, 2.24) is 9.47 Å². The van der Waals surface area contributed by atoms with Crippen LogP contribution in [0, 0.1) is 0 Å². The summed E-state index contributed by atoms with van der Waals surface area (Å²) in [5.41, 5.74) is 5.82. The first-order valence-corrected chi connectivity index (χ1v) is 9.59. The summed E-state index contributed by atoms with van der Waals surface area (Å²) in [5, 5.41) is 1.25. The monoisotopic (exact) mass is 366 g/mol. The number of carbonyl (C=O) groups is 1. The number of carbonyl (C=O) groups excluding carboxylic acids is 1. The SMILES string of the molecule is C/C=C1\CN(C(=O)OC(C)(C)C)CC\C1=C(\C)c1cc2ccccc2n1C. The summed E-state index contributed by atoms with van der Waals surface area (Å²) in [6.45, 7) is 11.2. The normalized spacial score (nSPS) is 18.9. The van der Waals surface area contributed by atoms with Crippen molar-refractivity contribution in [1.29, 1.82) is 0 Å². The first kappa shape index (κ1) is 19.3. The third-order valence-corrected chi connectivity index (χ3v) is 5.17. The molecule has 144 valence electrons. The van der Waals surface area contributed by atoms with Gasteiger partial charge in [0.25, 0.3) is 0 Å². The number of piperidine rings is 1. The number of nitrogens with zero attached hydrogens (tertiary/aromatic N) is 2. The molecule has 0 N–H and O–H groups in total. The molecule has 1 saturated heterocycles. The Hall–Kier alpha value is -2.49. The lowest BCUT2D eigenvalue weighted by Crippen LogP contribution is -2.41. The Kier molecular flexibility index (Phi) is 5.18. The van der Waals surface area contributed by atoms with Crippen molar-refractivity contribution in [3.8, 4) is 0 Å². The third-order valence-electron chi connectivity index (χ3n) is 5.17. The van der Waals surface area contributed by atoms with Crippen LogP contribution in [-0.2, 0) is 11.8 Å². The number of hydrogen-bond acceptors (Lipinski definition) is 2. The first-order valence-electron chi connectivity index (χ1n) is 9.59. The number of aromatic nitrogens is 1. The number of allylic oxidation sites excluding steroid dienone is 2. The van der Waals surface area contributed by atoms with Crippen molar-refractivity contribution in [2.24, 2.45) is 7.05 Å². The number of fused-ring (bicyclic) bond motifs is 1. The third kappa shape index (κ3) is 3.95. The van der Waals surface area contributed by atoms with E-state index in [0.29, 0.717) is 13.1 Å². The summed E-state index contributed by atoms with van der Waals surface area (Å²) in [5.74, 6) is 0. The number of ether oxygens (including phenoxy) is 1. The van der Waals surface area contributed by atoms with Crippen molar-refractivity contribution >= 4 is 22.6 Å². The molecule has 0 radical (unpaired) electrons. The lowest BCUT2D eigenvalue weighted by atomic mass is 9.92. The van der Waals surface area contributed by atoms with E-state index in [1.165, 1.54) is 33.3 Å². The molecule has 27 heavy (non-hydrogen) atoms. The van der Waals surface area contributed by atoms with Crippen LogP contribution in [0.5, 0.6) is 0 Å². The van der Waals surface area contributed by atoms with Crippen molar-refractivity contribution in [3.63, 3.8) is 0 Å². The Bertz CT molecular complexity index is 925. The number of rotatable bonds is 1. The van der Waals surface area contributed by atoms with E-state index in [9.17, 15) is 4.79 Å². The Morgan fingerprint density at radius 2 is 1.93 bits per heavy atom. The van der Waals surface area contributed by atoms with Crippen LogP contribution in [0.1, 0.15) is 46.7 Å². The van der Waals surface area contributed by atoms with Gasteiger partial charge in [0, 0.05) is 36.7 Å². The van der Waals surface area contributed by atoms with Crippen LogP contribution in [0.25, 0.3) is 16.5 Å². The Balaban J connectivity index is 1.90. The van der Waals surface area contributed by atoms with Gasteiger partial charge in [-0.1, -0.05) is 24.3 Å². The fourth-order valence-corrected chi connectivity index (χ4v) is 3.77. The number of para-hydroxylation sites is 1. The lowest BCUT2D eigenvalue weighted by Gasteiger charge is -2.33. The molecule has 0 saturated carbocycles. The zero-order chi connectivity index (χ0) is 19.8. The molecule has 0 bridgehead atoms. The smallest absolute Gasteiger partial charge is 0.410 e. The summed E-state index contributed by atoms with van der Waals surface area (Å²) < 4.78 is 7.80. The fraction of sp³-hybridized carbons (Fsp3) is 0.435. The van der Waals surface area contributed by atoms with E-state index >= 15 is 0 Å². The molecule has 0 atom stereocenters. The Morgan fingerprint density at radius 1 is 1.22 bits per heavy atom. The highest BCUT2D eigenvalue weighted by Crippen LogP contribution is 2.33. The predicted octanol–water partition coefficient (Wildman–Crippen LogP) is 5.54. The predicted molar refractivity (Wildman–Crippen MR) is 112 cm³/mol. The van der Waals surface area contributed by atoms with Gasteiger partial charge in [0.15, 0.2) is 0 Å². The van der Waals surface area contributed by atoms with E-state index in [0.717, 1.165) is 6.42 Å². The summed E-state index contributed by atoms with van der Waals surface area (Å²) >= 11 is 0. The van der Waals surface area contributed by atoms with Gasteiger partial charge in [-0.25, -0.2) is 4.79 Å². The minimum absolute atomic E-state index is 0.233. The second kappa shape index (κ2) is 7.26. The molecular weight excluding hydrogens is 336 g/mol. The zero-order valence-corrected chi connectivity index (χ0v) is 17.3. The van der Waals surface area contributed by atoms with Gasteiger partial charge >= 0.3 is 6.09 Å². The second-order valence-corrected chi connectivity index (χ2v) is 8.22. The van der Waals surface area contributed by atoms with Gasteiger partial charge < -0.3 is 14.2 Å². The standard InChI is InChI=1S/C23H30N2O2/c1-7-17-15-25(22(26)27-23(3,4)5)13-12-19(17)16(2)21-14-18-10-8-9-11-20(18)24(21)6/h7-11,14H,12-13,15H2,1-6H3/b17-7+,19-16+. The van der Waals surface area contributed by atoms with E-state index in [2.05, 4.69) is 54.9 Å². The van der Waals surface area contributed by atoms with Crippen LogP contribution in [0.4, 0.5) is 4.79 Å². The summed E-state index contributed by atoms with van der Waals surface area (Å²) in [6, 6.07) is 10.7. The largest absolute Gasteiger partial charge is 0.444 e. The van der Waals surface area contributed by atoms with E-state index in [4.69, 9.17) is 4.74 Å². The molecule has 4 heteroatoms. The van der Waals surface area contributed by atoms with Crippen molar-refractivity contribution < 1.29 is 9.53 Å². The number of amides is 1. The van der Waals surface area contributed by atoms with Crippen LogP contribution in [0.3, 0.4) is 0 Å². The average Bonchev–Trinajstić information content (AvgIpc) is 2.96. The summed E-state index contributed by atoms with van der Waals surface area (Å²) in [7, 11) is 2.12. The molecule has 1 aromatic carbocycles. The highest BCUT2D eigenvalue weighted by Gasteiger charge is 2.28. The minimum atomic E-state index is -0.470. The van der Waals surface area contributed by atoms with Crippen LogP contribution >= 0.6 is 0 Å². The van der Waals surface area contributed by atoms with Crippen molar-refractivity contribution in [2.75, 3.05) is 13.1 Å². The molecule has 1 aromatic heterocycles. The molecule has 0 unspecified atom stereocenters. The van der Waals surface area contributed by atoms with Crippen LogP contribution in [0.15, 0.2) is 47.6 Å². The molecule has 1 fully saturated rings. The maximum Gasteiger partial charge on any atom is 0.410 e. The second-order valence-electron chi connectivity index (χ2n) is 8.22. The van der Waals surface area contributed by atoms with Gasteiger partial charge in [-0.05, 0) is 69.9 Å². The summed E-state index contributed by atoms with van der Waals surface area (Å²) in [6.07, 6.45) is 2.73. The Morgan fingerprint density at radius 3 is 2.56 bits per heavy atom. The topological polar surface area (TPSA) is 34.5 Å². The fourth-order valence-electron chi connectivity index (χ4n) is 3.77. The lowest BCUT2D eigenvalue weighted by molar-refractivity contribution is 0.0259. The molecule has 4 nitrogen and oxygen atoms in total. The summed E-state index contributed by atoms with van der Waals surface area (Å²) in [4.78, 5) is 14.3. The molecule has 2 heterocycles. The highest BCUT2D eigenvalue weighted by molar-refractivity contribution is 5.86. The van der Waals surface area contributed by atoms with Gasteiger partial charge in [0.05, 0.1) is 0 Å². The van der Waals surface area contributed by atoms with Gasteiger partial charge in [-0.2, -0.15) is 0 Å². The highest BCUT2D eigenvalue weighted by atomic mass is 16.6. The van der Waals surface area contributed by atoms with Gasteiger partial charge in [0.2, 0.25) is 0 Å². The number of aryl methyl sites for hydroxylation is 1. The van der Waals surface area contributed by atoms with E-state index in [1.807, 2.05) is 27.7 Å². The maximum atomic E-state index is 12.4. The molecule has 1 aliphatic rings. The number of hydrogen-bond donors (Lipinski definition) is 0. The molecule has 0 aliphatic carbocycles. The van der Waals surface area contributed by atoms with Gasteiger partial charge in [0.1, 0.15) is 5.60 Å². The Labute approximate surface area is 162 Å². The molecule has 1 aliphatic heterocycles. The molecular formula is C23H30N2O2. The van der Waals surface area contributed by atoms with E-state index in [-0.39, 0.29) is 6.09 Å². The van der Waals surface area contributed by atoms with Crippen LogP contribution < -0.4 is 0 Å². The molecule has 2 aromatic rings. The number of benzene rings is 1. The van der Waals surface area contributed by atoms with Crippen LogP contribution in [-0.4, -0.2) is 34.3 Å². The number of likely N-dealkylation sites (tertiary alicyclic amines) is 1. The molecule has 0 spiro atoms. The molecule has 1 amide bonds. The van der Waals surface area contributed by atoms with Gasteiger partial charge in [-0.15, -0.1) is 0 Å². The van der Waals surface area contributed by atoms with Gasteiger partial charge in [-0.3, -0.25) is 0 Å².